The molecule has 0 spiro atoms. The SMILES string of the molecule is CC(NC(=O)C(C)(C)C)C(=O)OI. The molecule has 0 aliphatic heterocycles. The van der Waals surface area contributed by atoms with Crippen LogP contribution in [-0.4, -0.2) is 17.9 Å². The molecule has 0 heterocycles. The Balaban J connectivity index is 4.15. The number of rotatable bonds is 2. The molecule has 1 atom stereocenters. The van der Waals surface area contributed by atoms with Crippen LogP contribution >= 0.6 is 23.0 Å². The van der Waals surface area contributed by atoms with Crippen molar-refractivity contribution in [1.82, 2.24) is 5.32 Å². The second-order valence-corrected chi connectivity index (χ2v) is 4.28. The molecule has 0 aliphatic carbocycles. The van der Waals surface area contributed by atoms with Gasteiger partial charge >= 0.3 is 5.97 Å². The summed E-state index contributed by atoms with van der Waals surface area (Å²) >= 11 is 1.50. The maximum absolute atomic E-state index is 11.4. The topological polar surface area (TPSA) is 55.4 Å². The molecule has 1 N–H and O–H groups in total. The lowest BCUT2D eigenvalue weighted by Crippen LogP contribution is -2.44. The summed E-state index contributed by atoms with van der Waals surface area (Å²) in [6.07, 6.45) is 0. The van der Waals surface area contributed by atoms with Crippen LogP contribution in [0.2, 0.25) is 0 Å². The lowest BCUT2D eigenvalue weighted by Gasteiger charge is -2.20. The molecule has 1 unspecified atom stereocenters. The van der Waals surface area contributed by atoms with Crippen molar-refractivity contribution in [1.29, 1.82) is 0 Å². The van der Waals surface area contributed by atoms with Gasteiger partial charge in [0.05, 0.1) is 0 Å². The summed E-state index contributed by atoms with van der Waals surface area (Å²) in [5.41, 5.74) is -0.486. The minimum absolute atomic E-state index is 0.165. The van der Waals surface area contributed by atoms with Gasteiger partial charge in [0.25, 0.3) is 0 Å². The fourth-order valence-electron chi connectivity index (χ4n) is 0.539. The fraction of sp³-hybridized carbons (Fsp3) is 0.750. The van der Waals surface area contributed by atoms with E-state index in [-0.39, 0.29) is 5.91 Å². The number of hydrogen-bond donors (Lipinski definition) is 1. The van der Waals surface area contributed by atoms with E-state index < -0.39 is 17.4 Å². The van der Waals surface area contributed by atoms with Crippen molar-refractivity contribution in [2.75, 3.05) is 0 Å². The van der Waals surface area contributed by atoms with Crippen LogP contribution in [0.5, 0.6) is 0 Å². The van der Waals surface area contributed by atoms with E-state index in [1.165, 1.54) is 23.0 Å². The molecule has 0 rings (SSSR count). The monoisotopic (exact) mass is 299 g/mol. The predicted molar refractivity (Wildman–Crippen MR) is 57.2 cm³/mol. The van der Waals surface area contributed by atoms with Crippen LogP contribution in [0.15, 0.2) is 0 Å². The highest BCUT2D eigenvalue weighted by Gasteiger charge is 2.25. The molecular formula is C8H14INO3. The van der Waals surface area contributed by atoms with Gasteiger partial charge in [-0.3, -0.25) is 4.79 Å². The van der Waals surface area contributed by atoms with E-state index in [0.29, 0.717) is 0 Å². The maximum Gasteiger partial charge on any atom is 0.337 e. The Morgan fingerprint density at radius 2 is 1.85 bits per heavy atom. The summed E-state index contributed by atoms with van der Waals surface area (Å²) in [6.45, 7) is 6.93. The van der Waals surface area contributed by atoms with E-state index >= 15 is 0 Å². The highest BCUT2D eigenvalue weighted by Crippen LogP contribution is 2.13. The summed E-state index contributed by atoms with van der Waals surface area (Å²) < 4.78 is 4.44. The van der Waals surface area contributed by atoms with Gasteiger partial charge in [0.15, 0.2) is 23.0 Å². The first-order valence-electron chi connectivity index (χ1n) is 3.92. The Labute approximate surface area is 92.1 Å². The fourth-order valence-corrected chi connectivity index (χ4v) is 0.920. The molecule has 1 amide bonds. The molecule has 0 aliphatic rings. The summed E-state index contributed by atoms with van der Waals surface area (Å²) in [7, 11) is 0. The Bertz CT molecular complexity index is 210. The van der Waals surface area contributed by atoms with E-state index in [4.69, 9.17) is 0 Å². The predicted octanol–water partition coefficient (Wildman–Crippen LogP) is 1.43. The number of halogens is 1. The largest absolute Gasteiger partial charge is 0.393 e. The third-order valence-electron chi connectivity index (χ3n) is 1.46. The van der Waals surface area contributed by atoms with Crippen molar-refractivity contribution in [3.8, 4) is 0 Å². The quantitative estimate of drug-likeness (QED) is 0.785. The van der Waals surface area contributed by atoms with Gasteiger partial charge in [0, 0.05) is 5.41 Å². The zero-order chi connectivity index (χ0) is 10.6. The molecule has 4 nitrogen and oxygen atoms in total. The smallest absolute Gasteiger partial charge is 0.337 e. The summed E-state index contributed by atoms with van der Waals surface area (Å²) in [5.74, 6) is -0.611. The molecule has 76 valence electrons. The lowest BCUT2D eigenvalue weighted by atomic mass is 9.95. The van der Waals surface area contributed by atoms with Crippen molar-refractivity contribution in [3.05, 3.63) is 0 Å². The number of nitrogens with one attached hydrogen (secondary N) is 1. The van der Waals surface area contributed by atoms with E-state index in [9.17, 15) is 9.59 Å². The Morgan fingerprint density at radius 1 is 1.38 bits per heavy atom. The zero-order valence-electron chi connectivity index (χ0n) is 8.18. The lowest BCUT2D eigenvalue weighted by molar-refractivity contribution is -0.138. The molecule has 0 radical (unpaired) electrons. The molecule has 0 fully saturated rings. The van der Waals surface area contributed by atoms with Crippen LogP contribution in [0.25, 0.3) is 0 Å². The van der Waals surface area contributed by atoms with Gasteiger partial charge in [0.1, 0.15) is 6.04 Å². The first-order chi connectivity index (χ1) is 5.79. The van der Waals surface area contributed by atoms with Gasteiger partial charge in [-0.25, -0.2) is 4.79 Å². The van der Waals surface area contributed by atoms with Crippen molar-refractivity contribution >= 4 is 34.9 Å². The highest BCUT2D eigenvalue weighted by molar-refractivity contribution is 14.1. The average Bonchev–Trinajstić information content (AvgIpc) is 2.01. The zero-order valence-corrected chi connectivity index (χ0v) is 10.3. The summed E-state index contributed by atoms with van der Waals surface area (Å²) in [5, 5.41) is 2.55. The average molecular weight is 299 g/mol. The van der Waals surface area contributed by atoms with Crippen LogP contribution in [0.4, 0.5) is 0 Å². The molecule has 5 heteroatoms. The van der Waals surface area contributed by atoms with Crippen LogP contribution in [0.3, 0.4) is 0 Å². The van der Waals surface area contributed by atoms with Gasteiger partial charge in [-0.05, 0) is 6.92 Å². The van der Waals surface area contributed by atoms with Crippen LogP contribution < -0.4 is 5.32 Å². The van der Waals surface area contributed by atoms with Gasteiger partial charge in [-0.15, -0.1) is 0 Å². The summed E-state index contributed by atoms with van der Waals surface area (Å²) in [4.78, 5) is 22.3. The van der Waals surface area contributed by atoms with Gasteiger partial charge in [-0.2, -0.15) is 0 Å². The maximum atomic E-state index is 11.4. The van der Waals surface area contributed by atoms with Crippen molar-refractivity contribution in [2.45, 2.75) is 33.7 Å². The third-order valence-corrected chi connectivity index (χ3v) is 1.89. The number of hydrogen-bond acceptors (Lipinski definition) is 3. The molecule has 0 saturated carbocycles. The second kappa shape index (κ2) is 4.78. The molecular weight excluding hydrogens is 285 g/mol. The molecule has 0 aromatic rings. The third kappa shape index (κ3) is 4.44. The van der Waals surface area contributed by atoms with Gasteiger partial charge in [-0.1, -0.05) is 20.8 Å². The molecule has 13 heavy (non-hydrogen) atoms. The van der Waals surface area contributed by atoms with E-state index in [1.807, 2.05) is 0 Å². The van der Waals surface area contributed by atoms with E-state index in [0.717, 1.165) is 0 Å². The Morgan fingerprint density at radius 3 is 2.15 bits per heavy atom. The summed E-state index contributed by atoms with van der Waals surface area (Å²) in [6, 6.07) is -0.594. The minimum atomic E-state index is -0.594. The molecule has 0 bridgehead atoms. The minimum Gasteiger partial charge on any atom is -0.393 e. The van der Waals surface area contributed by atoms with E-state index in [2.05, 4.69) is 8.38 Å². The standard InChI is InChI=1S/C8H14INO3/c1-5(6(11)13-9)10-7(12)8(2,3)4/h5H,1-4H3,(H,10,12). The van der Waals surface area contributed by atoms with Gasteiger partial charge < -0.3 is 8.38 Å². The van der Waals surface area contributed by atoms with Crippen molar-refractivity contribution in [2.24, 2.45) is 5.41 Å². The number of carbonyl (C=O) groups excluding carboxylic acids is 2. The van der Waals surface area contributed by atoms with Crippen LogP contribution in [-0.2, 0) is 12.7 Å². The highest BCUT2D eigenvalue weighted by atomic mass is 127. The molecule has 0 saturated heterocycles. The second-order valence-electron chi connectivity index (χ2n) is 3.84. The number of amides is 1. The van der Waals surface area contributed by atoms with Crippen LogP contribution in [0, 0.1) is 5.41 Å². The number of carbonyl (C=O) groups is 2. The van der Waals surface area contributed by atoms with Crippen LogP contribution in [0.1, 0.15) is 27.7 Å². The van der Waals surface area contributed by atoms with Gasteiger partial charge in [0.2, 0.25) is 5.91 Å². The first-order valence-corrected chi connectivity index (χ1v) is 4.80. The van der Waals surface area contributed by atoms with Crippen molar-refractivity contribution < 1.29 is 12.7 Å². The molecule has 0 aromatic heterocycles. The first kappa shape index (κ1) is 12.7. The normalized spacial score (nSPS) is 13.3. The van der Waals surface area contributed by atoms with Crippen molar-refractivity contribution in [3.63, 3.8) is 0 Å². The van der Waals surface area contributed by atoms with E-state index in [1.54, 1.807) is 27.7 Å². The Kier molecular flexibility index (Phi) is 4.66. The molecule has 0 aromatic carbocycles. The Hall–Kier alpha value is -0.330.